The molecule has 4 heteroatoms. The van der Waals surface area contributed by atoms with Gasteiger partial charge in [-0.1, -0.05) is 127 Å². The molecule has 0 saturated carbocycles. The molecule has 3 aromatic heterocycles. The van der Waals surface area contributed by atoms with Gasteiger partial charge in [0.05, 0.1) is 16.7 Å². The summed E-state index contributed by atoms with van der Waals surface area (Å²) in [4.78, 5) is 6.88. The molecule has 12 aromatic rings. The monoisotopic (exact) mass is 753 g/mol. The molecule has 0 aliphatic heterocycles. The van der Waals surface area contributed by atoms with E-state index in [0.717, 1.165) is 50.1 Å². The minimum atomic E-state index is 0.643. The van der Waals surface area contributed by atoms with Crippen LogP contribution in [-0.4, -0.2) is 9.55 Å². The Morgan fingerprint density at radius 3 is 1.97 bits per heavy atom. The van der Waals surface area contributed by atoms with Crippen molar-refractivity contribution in [3.8, 4) is 27.9 Å². The number of aromatic nitrogens is 2. The molecule has 0 aliphatic rings. The highest BCUT2D eigenvalue weighted by Gasteiger charge is 2.20. The van der Waals surface area contributed by atoms with Crippen LogP contribution in [0.4, 0.5) is 17.1 Å². The summed E-state index contributed by atoms with van der Waals surface area (Å²) in [6.07, 6.45) is 1.78. The fourth-order valence-electron chi connectivity index (χ4n) is 9.07. The molecule has 0 saturated heterocycles. The molecular formula is C55H35N3O. The van der Waals surface area contributed by atoms with E-state index in [9.17, 15) is 0 Å². The number of hydrogen-bond acceptors (Lipinski definition) is 3. The quantitative estimate of drug-likeness (QED) is 0.170. The van der Waals surface area contributed by atoms with Crippen molar-refractivity contribution < 1.29 is 4.42 Å². The standard InChI is InChI=1S/C55H35N3O/c1-2-12-36(13-3-1)37-23-25-41(26-24-37)57(43-27-30-54-50(35-43)48-21-11-31-56-55(48)59-54)52-29-28-44(45-18-6-7-19-46(45)52)40-16-10-17-42(32-40)58-51-22-9-8-20-47(51)49-33-38-14-4-5-15-39(38)34-53(49)58/h1-35H. The predicted molar refractivity (Wildman–Crippen MR) is 246 cm³/mol. The third kappa shape index (κ3) is 5.42. The predicted octanol–water partition coefficient (Wildman–Crippen LogP) is 15.2. The van der Waals surface area contributed by atoms with Crippen LogP contribution in [0, 0.1) is 0 Å². The molecule has 12 rings (SSSR count). The van der Waals surface area contributed by atoms with E-state index in [2.05, 4.69) is 215 Å². The van der Waals surface area contributed by atoms with E-state index >= 15 is 0 Å². The molecule has 276 valence electrons. The Morgan fingerprint density at radius 1 is 0.407 bits per heavy atom. The zero-order valence-corrected chi connectivity index (χ0v) is 32.0. The molecule has 9 aromatic carbocycles. The van der Waals surface area contributed by atoms with Gasteiger partial charge >= 0.3 is 0 Å². The number of para-hydroxylation sites is 1. The second kappa shape index (κ2) is 13.3. The molecule has 0 N–H and O–H groups in total. The van der Waals surface area contributed by atoms with Gasteiger partial charge < -0.3 is 13.9 Å². The molecular weight excluding hydrogens is 719 g/mol. The lowest BCUT2D eigenvalue weighted by Gasteiger charge is -2.28. The molecule has 0 amide bonds. The van der Waals surface area contributed by atoms with Crippen molar-refractivity contribution in [2.75, 3.05) is 4.90 Å². The largest absolute Gasteiger partial charge is 0.438 e. The van der Waals surface area contributed by atoms with E-state index in [1.165, 1.54) is 54.7 Å². The average Bonchev–Trinajstić information content (AvgIpc) is 3.84. The van der Waals surface area contributed by atoms with Crippen LogP contribution >= 0.6 is 0 Å². The summed E-state index contributed by atoms with van der Waals surface area (Å²) in [5.74, 6) is 0. The summed E-state index contributed by atoms with van der Waals surface area (Å²) in [7, 11) is 0. The van der Waals surface area contributed by atoms with Crippen LogP contribution in [0.1, 0.15) is 0 Å². The van der Waals surface area contributed by atoms with Gasteiger partial charge in [0.1, 0.15) is 5.58 Å². The number of furan rings is 1. The first-order valence-corrected chi connectivity index (χ1v) is 20.0. The van der Waals surface area contributed by atoms with E-state index in [-0.39, 0.29) is 0 Å². The number of fused-ring (bicyclic) bond motifs is 8. The summed E-state index contributed by atoms with van der Waals surface area (Å²) in [6.45, 7) is 0. The summed E-state index contributed by atoms with van der Waals surface area (Å²) < 4.78 is 8.59. The Hall–Kier alpha value is -7.95. The van der Waals surface area contributed by atoms with Gasteiger partial charge in [-0.3, -0.25) is 0 Å². The van der Waals surface area contributed by atoms with Gasteiger partial charge in [-0.25, -0.2) is 4.98 Å². The van der Waals surface area contributed by atoms with Crippen molar-refractivity contribution in [3.63, 3.8) is 0 Å². The van der Waals surface area contributed by atoms with Crippen LogP contribution in [0.5, 0.6) is 0 Å². The molecule has 0 fully saturated rings. The molecule has 0 spiro atoms. The second-order valence-corrected chi connectivity index (χ2v) is 15.2. The van der Waals surface area contributed by atoms with Gasteiger partial charge in [0, 0.05) is 50.2 Å². The van der Waals surface area contributed by atoms with Crippen molar-refractivity contribution in [2.45, 2.75) is 0 Å². The lowest BCUT2D eigenvalue weighted by molar-refractivity contribution is 0.654. The summed E-state index contributed by atoms with van der Waals surface area (Å²) in [5.41, 5.74) is 12.9. The fraction of sp³-hybridized carbons (Fsp3) is 0. The Bertz CT molecular complexity index is 3560. The van der Waals surface area contributed by atoms with Gasteiger partial charge in [0.2, 0.25) is 5.71 Å². The molecule has 0 radical (unpaired) electrons. The van der Waals surface area contributed by atoms with E-state index in [4.69, 9.17) is 4.42 Å². The first-order valence-electron chi connectivity index (χ1n) is 20.0. The van der Waals surface area contributed by atoms with Crippen molar-refractivity contribution in [1.82, 2.24) is 9.55 Å². The average molecular weight is 754 g/mol. The maximum Gasteiger partial charge on any atom is 0.227 e. The smallest absolute Gasteiger partial charge is 0.227 e. The van der Waals surface area contributed by atoms with Crippen molar-refractivity contribution >= 4 is 82.5 Å². The highest BCUT2D eigenvalue weighted by atomic mass is 16.3. The molecule has 0 bridgehead atoms. The maximum absolute atomic E-state index is 6.17. The van der Waals surface area contributed by atoms with Gasteiger partial charge in [-0.15, -0.1) is 0 Å². The molecule has 4 nitrogen and oxygen atoms in total. The number of rotatable bonds is 6. The lowest BCUT2D eigenvalue weighted by Crippen LogP contribution is -2.10. The van der Waals surface area contributed by atoms with Crippen molar-refractivity contribution in [3.05, 3.63) is 212 Å². The Morgan fingerprint density at radius 2 is 1.10 bits per heavy atom. The van der Waals surface area contributed by atoms with E-state index < -0.39 is 0 Å². The molecule has 3 heterocycles. The lowest BCUT2D eigenvalue weighted by atomic mass is 9.95. The number of anilines is 3. The third-order valence-electron chi connectivity index (χ3n) is 11.8. The number of pyridine rings is 1. The third-order valence-corrected chi connectivity index (χ3v) is 11.8. The van der Waals surface area contributed by atoms with E-state index in [1.54, 1.807) is 6.20 Å². The van der Waals surface area contributed by atoms with Crippen LogP contribution in [-0.2, 0) is 0 Å². The molecule has 0 unspecified atom stereocenters. The van der Waals surface area contributed by atoms with Crippen molar-refractivity contribution in [1.29, 1.82) is 0 Å². The van der Waals surface area contributed by atoms with Crippen LogP contribution in [0.3, 0.4) is 0 Å². The minimum Gasteiger partial charge on any atom is -0.438 e. The Balaban J connectivity index is 1.03. The van der Waals surface area contributed by atoms with Crippen molar-refractivity contribution in [2.24, 2.45) is 0 Å². The van der Waals surface area contributed by atoms with Crippen LogP contribution in [0.15, 0.2) is 217 Å². The highest BCUT2D eigenvalue weighted by molar-refractivity contribution is 6.14. The number of nitrogens with zero attached hydrogens (tertiary/aromatic N) is 3. The fourth-order valence-corrected chi connectivity index (χ4v) is 9.07. The zero-order valence-electron chi connectivity index (χ0n) is 32.0. The molecule has 0 atom stereocenters. The van der Waals surface area contributed by atoms with Gasteiger partial charge in [-0.05, 0) is 117 Å². The number of benzene rings is 9. The van der Waals surface area contributed by atoms with Crippen LogP contribution < -0.4 is 4.90 Å². The van der Waals surface area contributed by atoms with E-state index in [1.807, 2.05) is 6.07 Å². The van der Waals surface area contributed by atoms with Gasteiger partial charge in [-0.2, -0.15) is 0 Å². The summed E-state index contributed by atoms with van der Waals surface area (Å²) in [5, 5.41) is 9.37. The highest BCUT2D eigenvalue weighted by Crippen LogP contribution is 2.44. The summed E-state index contributed by atoms with van der Waals surface area (Å²) in [6, 6.07) is 74.3. The summed E-state index contributed by atoms with van der Waals surface area (Å²) >= 11 is 0. The zero-order chi connectivity index (χ0) is 38.9. The van der Waals surface area contributed by atoms with E-state index in [0.29, 0.717) is 5.71 Å². The molecule has 59 heavy (non-hydrogen) atoms. The molecule has 0 aliphatic carbocycles. The minimum absolute atomic E-state index is 0.643. The number of hydrogen-bond donors (Lipinski definition) is 0. The SMILES string of the molecule is c1ccc(-c2ccc(N(c3ccc4oc5ncccc5c4c3)c3ccc(-c4cccc(-n5c6ccccc6c6cc7ccccc7cc65)c4)c4ccccc34)cc2)cc1. The second-order valence-electron chi connectivity index (χ2n) is 15.2. The normalized spacial score (nSPS) is 11.7. The van der Waals surface area contributed by atoms with Gasteiger partial charge in [0.15, 0.2) is 0 Å². The topological polar surface area (TPSA) is 34.2 Å². The first kappa shape index (κ1) is 33.2. The maximum atomic E-state index is 6.17. The first-order chi connectivity index (χ1) is 29.2. The van der Waals surface area contributed by atoms with Crippen LogP contribution in [0.25, 0.3) is 93.4 Å². The van der Waals surface area contributed by atoms with Crippen LogP contribution in [0.2, 0.25) is 0 Å². The Labute approximate surface area is 340 Å². The Kier molecular flexibility index (Phi) is 7.50. The van der Waals surface area contributed by atoms with Gasteiger partial charge in [0.25, 0.3) is 0 Å².